The van der Waals surface area contributed by atoms with Crippen LogP contribution in [0.1, 0.15) is 44.2 Å². The summed E-state index contributed by atoms with van der Waals surface area (Å²) in [7, 11) is 0. The van der Waals surface area contributed by atoms with Crippen LogP contribution in [0.4, 0.5) is 4.39 Å². The maximum atomic E-state index is 13.0. The van der Waals surface area contributed by atoms with Gasteiger partial charge in [-0.1, -0.05) is 6.07 Å². The van der Waals surface area contributed by atoms with Crippen LogP contribution < -0.4 is 11.1 Å². The van der Waals surface area contributed by atoms with Crippen molar-refractivity contribution in [3.8, 4) is 5.75 Å². The molecule has 0 aromatic heterocycles. The Balaban J connectivity index is 1.92. The van der Waals surface area contributed by atoms with Gasteiger partial charge in [-0.25, -0.2) is 4.39 Å². The third-order valence-electron chi connectivity index (χ3n) is 4.07. The average molecular weight is 280 g/mol. The maximum absolute atomic E-state index is 13.0. The van der Waals surface area contributed by atoms with Gasteiger partial charge in [0.1, 0.15) is 11.6 Å². The molecule has 0 radical (unpaired) electrons. The number of aromatic hydroxyl groups is 1. The molecule has 1 aromatic carbocycles. The summed E-state index contributed by atoms with van der Waals surface area (Å²) < 4.78 is 13.0. The van der Waals surface area contributed by atoms with Gasteiger partial charge in [0.2, 0.25) is 5.91 Å². The first-order valence-corrected chi connectivity index (χ1v) is 7.01. The number of carbonyl (C=O) groups is 1. The van der Waals surface area contributed by atoms with E-state index in [1.54, 1.807) is 6.07 Å². The number of hydrogen-bond acceptors (Lipinski definition) is 3. The lowest BCUT2D eigenvalue weighted by molar-refractivity contribution is -0.122. The zero-order valence-electron chi connectivity index (χ0n) is 11.6. The molecule has 0 bridgehead atoms. The summed E-state index contributed by atoms with van der Waals surface area (Å²) in [5.74, 6) is -0.702. The normalized spacial score (nSPS) is 24.3. The number of phenolic OH excluding ortho intramolecular Hbond substituents is 1. The molecule has 5 heteroatoms. The molecule has 1 unspecified atom stereocenters. The molecule has 20 heavy (non-hydrogen) atoms. The lowest BCUT2D eigenvalue weighted by atomic mass is 9.85. The fourth-order valence-electron chi connectivity index (χ4n) is 2.87. The van der Waals surface area contributed by atoms with E-state index in [9.17, 15) is 14.3 Å². The predicted octanol–water partition coefficient (Wildman–Crippen LogP) is 2.23. The van der Waals surface area contributed by atoms with Gasteiger partial charge in [0.05, 0.1) is 0 Å². The van der Waals surface area contributed by atoms with E-state index in [1.807, 2.05) is 6.92 Å². The molecule has 1 amide bonds. The zero-order chi connectivity index (χ0) is 14.7. The molecule has 0 aliphatic heterocycles. The Morgan fingerprint density at radius 3 is 2.60 bits per heavy atom. The lowest BCUT2D eigenvalue weighted by Crippen LogP contribution is -2.37. The van der Waals surface area contributed by atoms with E-state index in [-0.39, 0.29) is 23.6 Å². The monoisotopic (exact) mass is 280 g/mol. The SMILES string of the molecule is CC(NC1CCC(C(N)=O)CC1)c1ccc(F)cc1O. The molecule has 110 valence electrons. The summed E-state index contributed by atoms with van der Waals surface area (Å²) >= 11 is 0. The molecule has 1 aliphatic rings. The quantitative estimate of drug-likeness (QED) is 0.791. The highest BCUT2D eigenvalue weighted by atomic mass is 19.1. The number of primary amides is 1. The van der Waals surface area contributed by atoms with Crippen molar-refractivity contribution in [2.75, 3.05) is 0 Å². The zero-order valence-corrected chi connectivity index (χ0v) is 11.6. The minimum atomic E-state index is -0.444. The molecule has 1 aliphatic carbocycles. The molecule has 1 atom stereocenters. The summed E-state index contributed by atoms with van der Waals surface area (Å²) in [5.41, 5.74) is 5.99. The van der Waals surface area contributed by atoms with Gasteiger partial charge in [0.15, 0.2) is 0 Å². The first-order chi connectivity index (χ1) is 9.47. The van der Waals surface area contributed by atoms with Crippen LogP contribution >= 0.6 is 0 Å². The minimum Gasteiger partial charge on any atom is -0.508 e. The first-order valence-electron chi connectivity index (χ1n) is 7.01. The summed E-state index contributed by atoms with van der Waals surface area (Å²) in [6, 6.07) is 4.29. The Labute approximate surface area is 118 Å². The van der Waals surface area contributed by atoms with Crippen molar-refractivity contribution in [1.29, 1.82) is 0 Å². The van der Waals surface area contributed by atoms with Crippen LogP contribution in [0.5, 0.6) is 5.75 Å². The van der Waals surface area contributed by atoms with Gasteiger partial charge in [0, 0.05) is 29.6 Å². The van der Waals surface area contributed by atoms with Crippen LogP contribution in [0.3, 0.4) is 0 Å². The second-order valence-electron chi connectivity index (χ2n) is 5.54. The van der Waals surface area contributed by atoms with E-state index < -0.39 is 5.82 Å². The van der Waals surface area contributed by atoms with Crippen LogP contribution in [0, 0.1) is 11.7 Å². The van der Waals surface area contributed by atoms with Crippen molar-refractivity contribution in [3.05, 3.63) is 29.6 Å². The van der Waals surface area contributed by atoms with Crippen LogP contribution in [0.25, 0.3) is 0 Å². The number of hydrogen-bond donors (Lipinski definition) is 3. The molecule has 4 nitrogen and oxygen atoms in total. The Kier molecular flexibility index (Phi) is 4.60. The molecular weight excluding hydrogens is 259 g/mol. The predicted molar refractivity (Wildman–Crippen MR) is 74.6 cm³/mol. The second kappa shape index (κ2) is 6.22. The number of benzene rings is 1. The number of phenols is 1. The minimum absolute atomic E-state index is 0.0115. The third-order valence-corrected chi connectivity index (χ3v) is 4.07. The molecule has 1 aromatic rings. The van der Waals surface area contributed by atoms with E-state index in [0.717, 1.165) is 31.7 Å². The van der Waals surface area contributed by atoms with Crippen molar-refractivity contribution in [1.82, 2.24) is 5.32 Å². The largest absolute Gasteiger partial charge is 0.508 e. The second-order valence-corrected chi connectivity index (χ2v) is 5.54. The average Bonchev–Trinajstić information content (AvgIpc) is 2.39. The first kappa shape index (κ1) is 14.8. The van der Waals surface area contributed by atoms with Crippen LogP contribution in [-0.2, 0) is 4.79 Å². The van der Waals surface area contributed by atoms with Gasteiger partial charge in [-0.15, -0.1) is 0 Å². The summed E-state index contributed by atoms with van der Waals surface area (Å²) in [5, 5.41) is 13.2. The standard InChI is InChI=1S/C15H21FN2O2/c1-9(13-7-4-11(16)8-14(13)19)18-12-5-2-10(3-6-12)15(17)20/h4,7-10,12,18-19H,2-3,5-6H2,1H3,(H2,17,20). The van der Waals surface area contributed by atoms with E-state index in [0.29, 0.717) is 11.6 Å². The van der Waals surface area contributed by atoms with Crippen molar-refractivity contribution in [2.24, 2.45) is 11.7 Å². The van der Waals surface area contributed by atoms with E-state index in [1.165, 1.54) is 6.07 Å². The summed E-state index contributed by atoms with van der Waals surface area (Å²) in [6.45, 7) is 1.94. The number of carbonyl (C=O) groups excluding carboxylic acids is 1. The highest BCUT2D eigenvalue weighted by molar-refractivity contribution is 5.76. The van der Waals surface area contributed by atoms with Crippen LogP contribution in [0.2, 0.25) is 0 Å². The number of halogens is 1. The van der Waals surface area contributed by atoms with E-state index >= 15 is 0 Å². The van der Waals surface area contributed by atoms with E-state index in [2.05, 4.69) is 5.32 Å². The van der Waals surface area contributed by atoms with Gasteiger partial charge >= 0.3 is 0 Å². The van der Waals surface area contributed by atoms with Gasteiger partial charge < -0.3 is 16.2 Å². The molecular formula is C15H21FN2O2. The van der Waals surface area contributed by atoms with Gasteiger partial charge in [-0.3, -0.25) is 4.79 Å². The molecule has 0 saturated heterocycles. The summed E-state index contributed by atoms with van der Waals surface area (Å²) in [4.78, 5) is 11.1. The van der Waals surface area contributed by atoms with Gasteiger partial charge in [-0.2, -0.15) is 0 Å². The number of rotatable bonds is 4. The Morgan fingerprint density at radius 1 is 1.40 bits per heavy atom. The van der Waals surface area contributed by atoms with Gasteiger partial charge in [-0.05, 0) is 38.7 Å². The molecule has 0 heterocycles. The Bertz CT molecular complexity index is 485. The van der Waals surface area contributed by atoms with E-state index in [4.69, 9.17) is 5.73 Å². The van der Waals surface area contributed by atoms with Crippen LogP contribution in [-0.4, -0.2) is 17.1 Å². The fraction of sp³-hybridized carbons (Fsp3) is 0.533. The van der Waals surface area contributed by atoms with Crippen molar-refractivity contribution >= 4 is 5.91 Å². The maximum Gasteiger partial charge on any atom is 0.220 e. The number of nitrogens with two attached hydrogens (primary N) is 1. The lowest BCUT2D eigenvalue weighted by Gasteiger charge is -2.30. The topological polar surface area (TPSA) is 75.3 Å². The molecule has 2 rings (SSSR count). The highest BCUT2D eigenvalue weighted by Crippen LogP contribution is 2.29. The highest BCUT2D eigenvalue weighted by Gasteiger charge is 2.25. The number of amides is 1. The molecule has 1 fully saturated rings. The van der Waals surface area contributed by atoms with Gasteiger partial charge in [0.25, 0.3) is 0 Å². The smallest absolute Gasteiger partial charge is 0.220 e. The Morgan fingerprint density at radius 2 is 2.05 bits per heavy atom. The van der Waals surface area contributed by atoms with Crippen LogP contribution in [0.15, 0.2) is 18.2 Å². The van der Waals surface area contributed by atoms with Crippen molar-refractivity contribution in [3.63, 3.8) is 0 Å². The third kappa shape index (κ3) is 3.48. The molecule has 1 saturated carbocycles. The fourth-order valence-corrected chi connectivity index (χ4v) is 2.87. The summed E-state index contributed by atoms with van der Waals surface area (Å²) in [6.07, 6.45) is 3.38. The van der Waals surface area contributed by atoms with Crippen molar-refractivity contribution < 1.29 is 14.3 Å². The molecule has 4 N–H and O–H groups in total. The molecule has 0 spiro atoms. The van der Waals surface area contributed by atoms with Crippen molar-refractivity contribution in [2.45, 2.75) is 44.7 Å². The number of nitrogens with one attached hydrogen (secondary N) is 1. The Hall–Kier alpha value is -1.62.